The van der Waals surface area contributed by atoms with Gasteiger partial charge in [-0.15, -0.1) is 20.2 Å². The van der Waals surface area contributed by atoms with Gasteiger partial charge in [0.2, 0.25) is 0 Å². The summed E-state index contributed by atoms with van der Waals surface area (Å²) in [6.45, 7) is -0.525. The molecule has 0 aliphatic carbocycles. The monoisotopic (exact) mass is 374 g/mol. The van der Waals surface area contributed by atoms with E-state index in [9.17, 15) is 20.2 Å². The highest BCUT2D eigenvalue weighted by molar-refractivity contribution is 8.76. The molecule has 1 aromatic carbocycles. The summed E-state index contributed by atoms with van der Waals surface area (Å²) in [6.07, 6.45) is -1.05. The first-order valence-electron chi connectivity index (χ1n) is 5.21. The summed E-state index contributed by atoms with van der Waals surface area (Å²) in [6, 6.07) is 4.98. The normalized spacial score (nSPS) is 11.7. The molecule has 0 spiro atoms. The first-order valence-corrected chi connectivity index (χ1v) is 8.29. The molecule has 0 radical (unpaired) electrons. The zero-order chi connectivity index (χ0) is 15.8. The SMILES string of the molecule is O=[N+]([O-])OCC(CSSc1ccc(Cl)c(Cl)c1)O[N+](=O)[O-]. The van der Waals surface area contributed by atoms with Gasteiger partial charge in [0, 0.05) is 10.6 Å². The van der Waals surface area contributed by atoms with Crippen LogP contribution >= 0.6 is 44.8 Å². The van der Waals surface area contributed by atoms with Crippen molar-refractivity contribution in [2.45, 2.75) is 11.0 Å². The lowest BCUT2D eigenvalue weighted by Gasteiger charge is -2.12. The molecule has 0 saturated heterocycles. The molecular formula is C9H8Cl2N2O6S2. The minimum Gasteiger partial charge on any atom is -0.312 e. The number of nitrogens with zero attached hydrogens (tertiary/aromatic N) is 2. The van der Waals surface area contributed by atoms with E-state index in [4.69, 9.17) is 23.2 Å². The van der Waals surface area contributed by atoms with Crippen molar-refractivity contribution in [2.75, 3.05) is 12.4 Å². The van der Waals surface area contributed by atoms with E-state index in [-0.39, 0.29) is 5.75 Å². The van der Waals surface area contributed by atoms with E-state index in [1.807, 2.05) is 0 Å². The van der Waals surface area contributed by atoms with Gasteiger partial charge >= 0.3 is 0 Å². The summed E-state index contributed by atoms with van der Waals surface area (Å²) < 4.78 is 0. The van der Waals surface area contributed by atoms with Gasteiger partial charge in [-0.25, -0.2) is 0 Å². The van der Waals surface area contributed by atoms with Crippen LogP contribution in [0.1, 0.15) is 0 Å². The zero-order valence-electron chi connectivity index (χ0n) is 10.1. The average Bonchev–Trinajstić information content (AvgIpc) is 2.39. The predicted octanol–water partition coefficient (Wildman–Crippen LogP) is 3.52. The van der Waals surface area contributed by atoms with E-state index >= 15 is 0 Å². The van der Waals surface area contributed by atoms with Crippen LogP contribution in [0, 0.1) is 20.2 Å². The Bertz CT molecular complexity index is 521. The fourth-order valence-electron chi connectivity index (χ4n) is 1.08. The van der Waals surface area contributed by atoms with Crippen LogP contribution in [-0.2, 0) is 9.68 Å². The molecular weight excluding hydrogens is 367 g/mol. The van der Waals surface area contributed by atoms with Gasteiger partial charge in [0.15, 0.2) is 0 Å². The second kappa shape index (κ2) is 9.03. The van der Waals surface area contributed by atoms with Gasteiger partial charge in [-0.2, -0.15) is 0 Å². The lowest BCUT2D eigenvalue weighted by atomic mass is 10.4. The van der Waals surface area contributed by atoms with Gasteiger partial charge in [-0.1, -0.05) is 44.8 Å². The van der Waals surface area contributed by atoms with Crippen LogP contribution in [0.5, 0.6) is 0 Å². The summed E-state index contributed by atoms with van der Waals surface area (Å²) in [5.41, 5.74) is 0. The third-order valence-corrected chi connectivity index (χ3v) is 5.05. The molecule has 21 heavy (non-hydrogen) atoms. The Morgan fingerprint density at radius 3 is 2.48 bits per heavy atom. The summed E-state index contributed by atoms with van der Waals surface area (Å²) in [5.74, 6) is 0.111. The molecule has 116 valence electrons. The first-order chi connectivity index (χ1) is 9.88. The van der Waals surface area contributed by atoms with Gasteiger partial charge < -0.3 is 9.68 Å². The molecule has 0 amide bonds. The van der Waals surface area contributed by atoms with Crippen LogP contribution in [0.15, 0.2) is 23.1 Å². The molecule has 1 rings (SSSR count). The molecule has 1 unspecified atom stereocenters. The fraction of sp³-hybridized carbons (Fsp3) is 0.333. The molecule has 0 fully saturated rings. The summed E-state index contributed by atoms with van der Waals surface area (Å²) in [4.78, 5) is 29.5. The molecule has 12 heteroatoms. The van der Waals surface area contributed by atoms with E-state index in [1.165, 1.54) is 21.6 Å². The van der Waals surface area contributed by atoms with Gasteiger partial charge in [0.05, 0.1) is 10.0 Å². The Labute approximate surface area is 136 Å². The molecule has 8 nitrogen and oxygen atoms in total. The smallest absolute Gasteiger partial charge is 0.294 e. The largest absolute Gasteiger partial charge is 0.312 e. The predicted molar refractivity (Wildman–Crippen MR) is 79.6 cm³/mol. The Kier molecular flexibility index (Phi) is 7.72. The van der Waals surface area contributed by atoms with Crippen LogP contribution in [0.4, 0.5) is 0 Å². The topological polar surface area (TPSA) is 105 Å². The second-order valence-corrected chi connectivity index (χ2v) is 6.64. The van der Waals surface area contributed by atoms with Crippen molar-refractivity contribution < 1.29 is 19.8 Å². The third kappa shape index (κ3) is 7.46. The van der Waals surface area contributed by atoms with Crippen LogP contribution in [-0.4, -0.2) is 28.6 Å². The number of rotatable bonds is 9. The van der Waals surface area contributed by atoms with Crippen molar-refractivity contribution in [3.8, 4) is 0 Å². The first kappa shape index (κ1) is 18.0. The van der Waals surface area contributed by atoms with E-state index < -0.39 is 22.9 Å². The molecule has 0 aliphatic rings. The van der Waals surface area contributed by atoms with Crippen molar-refractivity contribution >= 4 is 44.8 Å². The summed E-state index contributed by atoms with van der Waals surface area (Å²) >= 11 is 11.6. The molecule has 1 aromatic rings. The van der Waals surface area contributed by atoms with Gasteiger partial charge in [0.25, 0.3) is 10.2 Å². The standard InChI is InChI=1S/C9H8Cl2N2O6S2/c10-8-2-1-7(3-9(8)11)21-20-5-6(19-13(16)17)4-18-12(14)15/h1-3,6H,4-5H2. The maximum Gasteiger partial charge on any atom is 0.294 e. The molecule has 0 heterocycles. The van der Waals surface area contributed by atoms with Crippen LogP contribution in [0.3, 0.4) is 0 Å². The van der Waals surface area contributed by atoms with Gasteiger partial charge in [-0.05, 0) is 18.2 Å². The highest BCUT2D eigenvalue weighted by Crippen LogP contribution is 2.35. The Morgan fingerprint density at radius 2 is 1.90 bits per heavy atom. The quantitative estimate of drug-likeness (QED) is 0.367. The summed E-state index contributed by atoms with van der Waals surface area (Å²) in [7, 11) is 2.48. The third-order valence-electron chi connectivity index (χ3n) is 1.90. The average molecular weight is 375 g/mol. The summed E-state index contributed by atoms with van der Waals surface area (Å²) in [5, 5.41) is 19.1. The van der Waals surface area contributed by atoms with Crippen LogP contribution in [0.25, 0.3) is 0 Å². The number of hydrogen-bond acceptors (Lipinski definition) is 8. The number of benzene rings is 1. The molecule has 0 bridgehead atoms. The van der Waals surface area contributed by atoms with E-state index in [2.05, 4.69) is 9.68 Å². The minimum atomic E-state index is -1.05. The van der Waals surface area contributed by atoms with Crippen LogP contribution < -0.4 is 0 Å². The van der Waals surface area contributed by atoms with Gasteiger partial charge in [0.1, 0.15) is 12.7 Å². The molecule has 0 N–H and O–H groups in total. The minimum absolute atomic E-state index is 0.111. The highest BCUT2D eigenvalue weighted by atomic mass is 35.5. The molecule has 0 aromatic heterocycles. The van der Waals surface area contributed by atoms with Crippen molar-refractivity contribution in [2.24, 2.45) is 0 Å². The van der Waals surface area contributed by atoms with Crippen molar-refractivity contribution in [3.63, 3.8) is 0 Å². The van der Waals surface area contributed by atoms with Crippen molar-refractivity contribution in [1.82, 2.24) is 0 Å². The maximum atomic E-state index is 10.3. The number of hydrogen-bond donors (Lipinski definition) is 0. The Balaban J connectivity index is 2.45. The lowest BCUT2D eigenvalue weighted by molar-refractivity contribution is -0.788. The van der Waals surface area contributed by atoms with Crippen molar-refractivity contribution in [3.05, 3.63) is 48.5 Å². The number of halogens is 2. The second-order valence-electron chi connectivity index (χ2n) is 3.41. The molecule has 0 saturated carbocycles. The lowest BCUT2D eigenvalue weighted by Crippen LogP contribution is -2.26. The van der Waals surface area contributed by atoms with E-state index in [0.717, 1.165) is 4.90 Å². The zero-order valence-corrected chi connectivity index (χ0v) is 13.3. The Hall–Kier alpha value is -1.10. The van der Waals surface area contributed by atoms with Crippen molar-refractivity contribution in [1.29, 1.82) is 0 Å². The molecule has 0 aliphatic heterocycles. The Morgan fingerprint density at radius 1 is 1.19 bits per heavy atom. The highest BCUT2D eigenvalue weighted by Gasteiger charge is 2.16. The van der Waals surface area contributed by atoms with Gasteiger partial charge in [-0.3, -0.25) is 0 Å². The fourth-order valence-corrected chi connectivity index (χ4v) is 3.63. The molecule has 1 atom stereocenters. The van der Waals surface area contributed by atoms with Crippen LogP contribution in [0.2, 0.25) is 10.0 Å². The maximum absolute atomic E-state index is 10.3. The van der Waals surface area contributed by atoms with E-state index in [0.29, 0.717) is 10.0 Å². The van der Waals surface area contributed by atoms with E-state index in [1.54, 1.807) is 18.2 Å².